The van der Waals surface area contributed by atoms with Gasteiger partial charge in [0.15, 0.2) is 0 Å². The van der Waals surface area contributed by atoms with Gasteiger partial charge in [-0.25, -0.2) is 0 Å². The van der Waals surface area contributed by atoms with Crippen LogP contribution in [0, 0.1) is 0 Å². The van der Waals surface area contributed by atoms with Crippen molar-refractivity contribution in [2.24, 2.45) is 0 Å². The second kappa shape index (κ2) is 3.28. The van der Waals surface area contributed by atoms with Crippen LogP contribution in [0.1, 0.15) is 11.1 Å². The standard InChI is InChI=1S/C12H16OSi/c1-14(2,3)13-12-9-5-7-10-6-4-8-11(10)12/h4-7,9H,8H2,1-3H3. The molecule has 0 N–H and O–H groups in total. The average molecular weight is 204 g/mol. The zero-order chi connectivity index (χ0) is 10.2. The summed E-state index contributed by atoms with van der Waals surface area (Å²) in [6.45, 7) is 6.65. The number of hydrogen-bond acceptors (Lipinski definition) is 1. The first-order valence-corrected chi connectivity index (χ1v) is 8.44. The minimum Gasteiger partial charge on any atom is -0.544 e. The Balaban J connectivity index is 2.33. The SMILES string of the molecule is C[Si](C)(C)Oc1cccc2c1CC=C2. The van der Waals surface area contributed by atoms with Crippen LogP contribution in [0.4, 0.5) is 0 Å². The second-order valence-corrected chi connectivity index (χ2v) is 9.07. The summed E-state index contributed by atoms with van der Waals surface area (Å²) in [5.41, 5.74) is 2.68. The summed E-state index contributed by atoms with van der Waals surface area (Å²) in [5, 5.41) is 0. The molecule has 0 heterocycles. The predicted octanol–water partition coefficient (Wildman–Crippen LogP) is 3.47. The molecule has 0 spiro atoms. The molecule has 0 saturated heterocycles. The Kier molecular flexibility index (Phi) is 2.23. The summed E-state index contributed by atoms with van der Waals surface area (Å²) in [6.07, 6.45) is 5.39. The maximum Gasteiger partial charge on any atom is 0.242 e. The van der Waals surface area contributed by atoms with Gasteiger partial charge < -0.3 is 4.43 Å². The predicted molar refractivity (Wildman–Crippen MR) is 63.2 cm³/mol. The van der Waals surface area contributed by atoms with E-state index in [1.54, 1.807) is 0 Å². The molecule has 0 atom stereocenters. The van der Waals surface area contributed by atoms with Crippen molar-refractivity contribution in [3.8, 4) is 5.75 Å². The third-order valence-corrected chi connectivity index (χ3v) is 3.04. The van der Waals surface area contributed by atoms with Gasteiger partial charge in [0.1, 0.15) is 5.75 Å². The molecular weight excluding hydrogens is 188 g/mol. The van der Waals surface area contributed by atoms with Gasteiger partial charge in [-0.3, -0.25) is 0 Å². The molecule has 0 saturated carbocycles. The van der Waals surface area contributed by atoms with Crippen molar-refractivity contribution in [1.82, 2.24) is 0 Å². The number of benzene rings is 1. The van der Waals surface area contributed by atoms with E-state index in [0.717, 1.165) is 12.2 Å². The first kappa shape index (κ1) is 9.53. The minimum atomic E-state index is -1.47. The Morgan fingerprint density at radius 2 is 2.00 bits per heavy atom. The molecule has 1 aliphatic carbocycles. The molecular formula is C12H16OSi. The number of hydrogen-bond donors (Lipinski definition) is 0. The van der Waals surface area contributed by atoms with E-state index in [-0.39, 0.29) is 0 Å². The molecule has 14 heavy (non-hydrogen) atoms. The molecule has 0 radical (unpaired) electrons. The van der Waals surface area contributed by atoms with Crippen LogP contribution >= 0.6 is 0 Å². The molecule has 1 nitrogen and oxygen atoms in total. The topological polar surface area (TPSA) is 9.23 Å². The zero-order valence-electron chi connectivity index (χ0n) is 9.00. The molecule has 1 aromatic rings. The molecule has 0 amide bonds. The first-order valence-electron chi connectivity index (χ1n) is 5.04. The molecule has 0 aliphatic heterocycles. The van der Waals surface area contributed by atoms with Gasteiger partial charge in [0.2, 0.25) is 8.32 Å². The lowest BCUT2D eigenvalue weighted by Gasteiger charge is -2.21. The molecule has 1 aromatic carbocycles. The van der Waals surface area contributed by atoms with E-state index in [1.165, 1.54) is 11.1 Å². The van der Waals surface area contributed by atoms with E-state index < -0.39 is 8.32 Å². The Bertz CT molecular complexity index is 374. The molecule has 2 heteroatoms. The van der Waals surface area contributed by atoms with Gasteiger partial charge in [-0.2, -0.15) is 0 Å². The van der Waals surface area contributed by atoms with Crippen LogP contribution in [-0.4, -0.2) is 8.32 Å². The van der Waals surface area contributed by atoms with Crippen molar-refractivity contribution in [2.75, 3.05) is 0 Å². The summed E-state index contributed by atoms with van der Waals surface area (Å²) in [4.78, 5) is 0. The van der Waals surface area contributed by atoms with Crippen molar-refractivity contribution in [3.05, 3.63) is 35.4 Å². The number of allylic oxidation sites excluding steroid dienone is 1. The summed E-state index contributed by atoms with van der Waals surface area (Å²) in [6, 6.07) is 6.31. The fourth-order valence-corrected chi connectivity index (χ4v) is 2.54. The van der Waals surface area contributed by atoms with Crippen molar-refractivity contribution < 1.29 is 4.43 Å². The highest BCUT2D eigenvalue weighted by atomic mass is 28.4. The summed E-state index contributed by atoms with van der Waals surface area (Å²) >= 11 is 0. The third-order valence-electron chi connectivity index (χ3n) is 2.20. The summed E-state index contributed by atoms with van der Waals surface area (Å²) in [5.74, 6) is 1.09. The van der Waals surface area contributed by atoms with Gasteiger partial charge in [0, 0.05) is 5.56 Å². The van der Waals surface area contributed by atoms with E-state index in [4.69, 9.17) is 4.43 Å². The molecule has 1 aliphatic rings. The molecule has 0 unspecified atom stereocenters. The van der Waals surface area contributed by atoms with Crippen molar-refractivity contribution in [3.63, 3.8) is 0 Å². The average Bonchev–Trinajstić information content (AvgIpc) is 2.49. The fraction of sp³-hybridized carbons (Fsp3) is 0.333. The van der Waals surface area contributed by atoms with Crippen molar-refractivity contribution >= 4 is 14.4 Å². The molecule has 74 valence electrons. The van der Waals surface area contributed by atoms with Gasteiger partial charge in [-0.1, -0.05) is 24.3 Å². The smallest absolute Gasteiger partial charge is 0.242 e. The van der Waals surface area contributed by atoms with Crippen LogP contribution in [0.2, 0.25) is 19.6 Å². The Labute approximate surface area is 86.5 Å². The molecule has 0 bridgehead atoms. The van der Waals surface area contributed by atoms with E-state index in [2.05, 4.69) is 50.0 Å². The van der Waals surface area contributed by atoms with Crippen LogP contribution < -0.4 is 4.43 Å². The number of fused-ring (bicyclic) bond motifs is 1. The van der Waals surface area contributed by atoms with Gasteiger partial charge in [-0.15, -0.1) is 0 Å². The van der Waals surface area contributed by atoms with Crippen molar-refractivity contribution in [1.29, 1.82) is 0 Å². The van der Waals surface area contributed by atoms with E-state index >= 15 is 0 Å². The van der Waals surface area contributed by atoms with Crippen LogP contribution in [0.15, 0.2) is 24.3 Å². The van der Waals surface area contributed by atoms with Gasteiger partial charge in [-0.05, 0) is 37.7 Å². The van der Waals surface area contributed by atoms with E-state index in [0.29, 0.717) is 0 Å². The second-order valence-electron chi connectivity index (χ2n) is 4.64. The van der Waals surface area contributed by atoms with E-state index in [9.17, 15) is 0 Å². The normalized spacial score (nSPS) is 14.2. The van der Waals surface area contributed by atoms with Crippen LogP contribution in [-0.2, 0) is 6.42 Å². The molecule has 2 rings (SSSR count). The van der Waals surface area contributed by atoms with Gasteiger partial charge >= 0.3 is 0 Å². The van der Waals surface area contributed by atoms with Gasteiger partial charge in [0.25, 0.3) is 0 Å². The summed E-state index contributed by atoms with van der Waals surface area (Å²) < 4.78 is 6.04. The maximum atomic E-state index is 6.04. The van der Waals surface area contributed by atoms with Crippen LogP contribution in [0.5, 0.6) is 5.75 Å². The highest BCUT2D eigenvalue weighted by molar-refractivity contribution is 6.70. The van der Waals surface area contributed by atoms with Crippen LogP contribution in [0.3, 0.4) is 0 Å². The lowest BCUT2D eigenvalue weighted by atomic mass is 10.1. The lowest BCUT2D eigenvalue weighted by molar-refractivity contribution is 0.551. The highest BCUT2D eigenvalue weighted by Crippen LogP contribution is 2.30. The highest BCUT2D eigenvalue weighted by Gasteiger charge is 2.19. The van der Waals surface area contributed by atoms with Gasteiger partial charge in [0.05, 0.1) is 0 Å². The van der Waals surface area contributed by atoms with Crippen molar-refractivity contribution in [2.45, 2.75) is 26.1 Å². The lowest BCUT2D eigenvalue weighted by Crippen LogP contribution is -2.29. The maximum absolute atomic E-state index is 6.04. The Morgan fingerprint density at radius 3 is 2.71 bits per heavy atom. The first-order chi connectivity index (χ1) is 6.56. The summed E-state index contributed by atoms with van der Waals surface area (Å²) in [7, 11) is -1.47. The third kappa shape index (κ3) is 1.90. The fourth-order valence-electron chi connectivity index (χ4n) is 1.69. The Morgan fingerprint density at radius 1 is 1.21 bits per heavy atom. The quantitative estimate of drug-likeness (QED) is 0.670. The Hall–Kier alpha value is -1.02. The van der Waals surface area contributed by atoms with Crippen LogP contribution in [0.25, 0.3) is 6.08 Å². The zero-order valence-corrected chi connectivity index (χ0v) is 10.0. The molecule has 0 aromatic heterocycles. The monoisotopic (exact) mass is 204 g/mol. The number of rotatable bonds is 2. The van der Waals surface area contributed by atoms with E-state index in [1.807, 2.05) is 0 Å². The largest absolute Gasteiger partial charge is 0.544 e. The minimum absolute atomic E-state index is 1.02. The molecule has 0 fully saturated rings.